The molecule has 0 aliphatic heterocycles. The van der Waals surface area contributed by atoms with Crippen molar-refractivity contribution in [2.75, 3.05) is 0 Å². The largest absolute Gasteiger partial charge is 0.488 e. The van der Waals surface area contributed by atoms with Crippen LogP contribution in [0.4, 0.5) is 0 Å². The van der Waals surface area contributed by atoms with Gasteiger partial charge in [0.1, 0.15) is 0 Å². The highest BCUT2D eigenvalue weighted by atomic mass is 79.9. The lowest BCUT2D eigenvalue weighted by Crippen LogP contribution is -2.29. The third kappa shape index (κ3) is 5.06. The number of thiophene rings is 2. The fourth-order valence-electron chi connectivity index (χ4n) is 5.41. The Morgan fingerprint density at radius 1 is 0.452 bits per heavy atom. The summed E-state index contributed by atoms with van der Waals surface area (Å²) in [7, 11) is -1.42. The fourth-order valence-corrected chi connectivity index (χ4v) is 8.15. The van der Waals surface area contributed by atoms with E-state index in [1.807, 2.05) is 23.5 Å². The second-order valence-corrected chi connectivity index (χ2v) is 13.1. The van der Waals surface area contributed by atoms with Crippen LogP contribution in [-0.4, -0.2) is 17.2 Å². The highest BCUT2D eigenvalue weighted by Crippen LogP contribution is 2.41. The van der Waals surface area contributed by atoms with Crippen LogP contribution < -0.4 is 5.46 Å². The minimum Gasteiger partial charge on any atom is -0.423 e. The summed E-state index contributed by atoms with van der Waals surface area (Å²) < 4.78 is 6.39. The molecule has 42 heavy (non-hydrogen) atoms. The molecule has 0 bridgehead atoms. The average Bonchev–Trinajstić information content (AvgIpc) is 3.60. The lowest BCUT2D eigenvalue weighted by Gasteiger charge is -2.05. The SMILES string of the molecule is Brc1ccc(-c2cccc3c2sc2ccccc23)cc1.OB(O)c1ccc(-c2cccc3c2sc2ccccc23)cc1. The molecule has 8 aromatic rings. The zero-order valence-electron chi connectivity index (χ0n) is 22.4. The predicted molar refractivity (Wildman–Crippen MR) is 187 cm³/mol. The van der Waals surface area contributed by atoms with E-state index in [2.05, 4.69) is 125 Å². The fraction of sp³-hybridized carbons (Fsp3) is 0. The summed E-state index contributed by atoms with van der Waals surface area (Å²) in [5, 5.41) is 23.7. The Labute approximate surface area is 260 Å². The highest BCUT2D eigenvalue weighted by molar-refractivity contribution is 9.10. The normalized spacial score (nSPS) is 11.2. The summed E-state index contributed by atoms with van der Waals surface area (Å²) in [6.07, 6.45) is 0. The van der Waals surface area contributed by atoms with Gasteiger partial charge in [-0.1, -0.05) is 125 Å². The van der Waals surface area contributed by atoms with E-state index < -0.39 is 7.12 Å². The summed E-state index contributed by atoms with van der Waals surface area (Å²) >= 11 is 7.17. The summed E-state index contributed by atoms with van der Waals surface area (Å²) in [5.41, 5.74) is 5.35. The molecule has 6 heteroatoms. The van der Waals surface area contributed by atoms with Gasteiger partial charge in [0.2, 0.25) is 0 Å². The second-order valence-electron chi connectivity index (χ2n) is 10.1. The third-order valence-corrected chi connectivity index (χ3v) is 10.5. The van der Waals surface area contributed by atoms with Gasteiger partial charge >= 0.3 is 7.12 Å². The van der Waals surface area contributed by atoms with E-state index in [4.69, 9.17) is 0 Å². The van der Waals surface area contributed by atoms with Crippen LogP contribution in [-0.2, 0) is 0 Å². The zero-order valence-corrected chi connectivity index (χ0v) is 25.6. The lowest BCUT2D eigenvalue weighted by molar-refractivity contribution is 0.426. The molecule has 0 aliphatic rings. The number of hydrogen-bond acceptors (Lipinski definition) is 4. The standard InChI is InChI=1S/C18H13BO2S.C18H11BrS/c20-19(21)13-10-8-12(9-11-13)14-5-3-6-16-15-4-1-2-7-17(15)22-18(14)16;19-13-10-8-12(9-11-13)14-5-3-6-16-15-4-1-2-7-17(15)20-18(14)16/h1-11,20-21H;1-11H. The van der Waals surface area contributed by atoms with E-state index in [9.17, 15) is 10.0 Å². The van der Waals surface area contributed by atoms with E-state index in [0.717, 1.165) is 10.0 Å². The van der Waals surface area contributed by atoms with Gasteiger partial charge in [-0.3, -0.25) is 0 Å². The van der Waals surface area contributed by atoms with Crippen LogP contribution in [0.5, 0.6) is 0 Å². The maximum absolute atomic E-state index is 9.21. The quantitative estimate of drug-likeness (QED) is 0.188. The van der Waals surface area contributed by atoms with Gasteiger partial charge in [-0.25, -0.2) is 0 Å². The molecule has 0 saturated carbocycles. The zero-order chi connectivity index (χ0) is 28.6. The van der Waals surface area contributed by atoms with E-state index >= 15 is 0 Å². The molecule has 2 nitrogen and oxygen atoms in total. The van der Waals surface area contributed by atoms with Crippen molar-refractivity contribution >= 4 is 91.5 Å². The van der Waals surface area contributed by atoms with Gasteiger partial charge in [0.15, 0.2) is 0 Å². The molecule has 2 N–H and O–H groups in total. The van der Waals surface area contributed by atoms with Crippen LogP contribution in [0.1, 0.15) is 0 Å². The number of fused-ring (bicyclic) bond motifs is 6. The van der Waals surface area contributed by atoms with E-state index in [1.54, 1.807) is 23.5 Å². The van der Waals surface area contributed by atoms with Crippen LogP contribution in [0.25, 0.3) is 62.6 Å². The maximum atomic E-state index is 9.21. The van der Waals surface area contributed by atoms with Gasteiger partial charge in [0, 0.05) is 44.8 Å². The molecule has 0 atom stereocenters. The van der Waals surface area contributed by atoms with Gasteiger partial charge in [0.25, 0.3) is 0 Å². The Hall–Kier alpha value is -3.78. The van der Waals surface area contributed by atoms with Crippen molar-refractivity contribution in [2.24, 2.45) is 0 Å². The molecule has 2 heterocycles. The Kier molecular flexibility index (Phi) is 7.40. The first kappa shape index (κ1) is 27.1. The molecule has 0 amide bonds. The number of benzene rings is 6. The molecule has 0 spiro atoms. The van der Waals surface area contributed by atoms with Crippen LogP contribution in [0.2, 0.25) is 0 Å². The summed E-state index contributed by atoms with van der Waals surface area (Å²) in [5.74, 6) is 0. The molecule has 0 saturated heterocycles. The minimum atomic E-state index is -1.42. The maximum Gasteiger partial charge on any atom is 0.488 e. The van der Waals surface area contributed by atoms with Crippen molar-refractivity contribution in [3.05, 3.63) is 138 Å². The Morgan fingerprint density at radius 3 is 1.36 bits per heavy atom. The van der Waals surface area contributed by atoms with E-state index in [-0.39, 0.29) is 0 Å². The van der Waals surface area contributed by atoms with Gasteiger partial charge in [-0.05, 0) is 52.0 Å². The molecule has 0 unspecified atom stereocenters. The second kappa shape index (κ2) is 11.5. The molecule has 0 fully saturated rings. The van der Waals surface area contributed by atoms with Gasteiger partial charge in [-0.2, -0.15) is 0 Å². The molecule has 0 aliphatic carbocycles. The number of halogens is 1. The molecule has 2 aromatic heterocycles. The average molecular weight is 643 g/mol. The lowest BCUT2D eigenvalue weighted by atomic mass is 9.80. The number of hydrogen-bond donors (Lipinski definition) is 2. The molecule has 202 valence electrons. The van der Waals surface area contributed by atoms with Crippen molar-refractivity contribution < 1.29 is 10.0 Å². The minimum absolute atomic E-state index is 0.507. The first-order chi connectivity index (χ1) is 20.6. The van der Waals surface area contributed by atoms with Crippen molar-refractivity contribution in [1.82, 2.24) is 0 Å². The summed E-state index contributed by atoms with van der Waals surface area (Å²) in [4.78, 5) is 0. The Morgan fingerprint density at radius 2 is 0.881 bits per heavy atom. The Bertz CT molecular complexity index is 2180. The van der Waals surface area contributed by atoms with Gasteiger partial charge < -0.3 is 10.0 Å². The highest BCUT2D eigenvalue weighted by Gasteiger charge is 2.13. The van der Waals surface area contributed by atoms with Gasteiger partial charge in [0.05, 0.1) is 0 Å². The molecule has 0 radical (unpaired) electrons. The van der Waals surface area contributed by atoms with Crippen LogP contribution in [0.15, 0.2) is 138 Å². The van der Waals surface area contributed by atoms with Crippen LogP contribution >= 0.6 is 38.6 Å². The van der Waals surface area contributed by atoms with Crippen molar-refractivity contribution in [1.29, 1.82) is 0 Å². The molecular weight excluding hydrogens is 619 g/mol. The van der Waals surface area contributed by atoms with E-state index in [1.165, 1.54) is 57.0 Å². The molecule has 8 rings (SSSR count). The number of rotatable bonds is 3. The smallest absolute Gasteiger partial charge is 0.423 e. The van der Waals surface area contributed by atoms with Crippen LogP contribution in [0, 0.1) is 0 Å². The first-order valence-electron chi connectivity index (χ1n) is 13.6. The monoisotopic (exact) mass is 642 g/mol. The van der Waals surface area contributed by atoms with E-state index in [0.29, 0.717) is 5.46 Å². The third-order valence-electron chi connectivity index (χ3n) is 7.48. The van der Waals surface area contributed by atoms with Crippen molar-refractivity contribution in [3.8, 4) is 22.3 Å². The summed E-state index contributed by atoms with van der Waals surface area (Å²) in [6, 6.07) is 45.9. The summed E-state index contributed by atoms with van der Waals surface area (Å²) in [6.45, 7) is 0. The Balaban J connectivity index is 0.000000138. The first-order valence-corrected chi connectivity index (χ1v) is 16.0. The predicted octanol–water partition coefficient (Wildman–Crippen LogP) is 9.89. The van der Waals surface area contributed by atoms with Crippen molar-refractivity contribution in [3.63, 3.8) is 0 Å². The molecular formula is C36H24BBrO2S2. The van der Waals surface area contributed by atoms with Crippen molar-refractivity contribution in [2.45, 2.75) is 0 Å². The topological polar surface area (TPSA) is 40.5 Å². The van der Waals surface area contributed by atoms with Gasteiger partial charge in [-0.15, -0.1) is 22.7 Å². The van der Waals surface area contributed by atoms with Crippen LogP contribution in [0.3, 0.4) is 0 Å². The molecule has 6 aromatic carbocycles.